The Labute approximate surface area is 112 Å². The Balaban J connectivity index is 4.20. The van der Waals surface area contributed by atoms with Gasteiger partial charge in [-0.15, -0.1) is 0 Å². The first kappa shape index (κ1) is 17.4. The molecule has 0 aliphatic carbocycles. The van der Waals surface area contributed by atoms with Crippen LogP contribution in [0.1, 0.15) is 20.3 Å². The number of carboxylic acid groups (broad SMARTS) is 1. The van der Waals surface area contributed by atoms with E-state index in [1.807, 2.05) is 0 Å². The number of carbonyl (C=O) groups is 3. The highest BCUT2D eigenvalue weighted by atomic mass is 16.5. The minimum Gasteiger partial charge on any atom is -0.481 e. The van der Waals surface area contributed by atoms with E-state index in [0.29, 0.717) is 13.2 Å². The van der Waals surface area contributed by atoms with Gasteiger partial charge in [-0.2, -0.15) is 0 Å². The maximum Gasteiger partial charge on any atom is 0.309 e. The fraction of sp³-hybridized carbons (Fsp3) is 0.750. The summed E-state index contributed by atoms with van der Waals surface area (Å²) in [5.74, 6) is -1.73. The van der Waals surface area contributed by atoms with Crippen molar-refractivity contribution in [3.63, 3.8) is 0 Å². The topological polar surface area (TPSA) is 95.9 Å². The molecule has 7 nitrogen and oxygen atoms in total. The van der Waals surface area contributed by atoms with Gasteiger partial charge in [-0.1, -0.05) is 0 Å². The van der Waals surface area contributed by atoms with Gasteiger partial charge >= 0.3 is 5.97 Å². The molecule has 0 saturated heterocycles. The van der Waals surface area contributed by atoms with Gasteiger partial charge in [0.1, 0.15) is 0 Å². The van der Waals surface area contributed by atoms with Gasteiger partial charge in [0.25, 0.3) is 0 Å². The summed E-state index contributed by atoms with van der Waals surface area (Å²) < 4.78 is 4.78. The average Bonchev–Trinajstić information content (AvgIpc) is 2.28. The summed E-state index contributed by atoms with van der Waals surface area (Å²) in [5, 5.41) is 11.5. The Morgan fingerprint density at radius 1 is 1.32 bits per heavy atom. The summed E-state index contributed by atoms with van der Waals surface area (Å²) >= 11 is 0. The minimum absolute atomic E-state index is 0.0990. The van der Waals surface area contributed by atoms with Crippen molar-refractivity contribution >= 4 is 17.8 Å². The molecule has 0 spiro atoms. The SMILES string of the molecule is COCCNC(=O)CN(C)C(=O)CC(C)(C)C(=O)O. The fourth-order valence-corrected chi connectivity index (χ4v) is 1.24. The molecule has 0 rings (SSSR count). The van der Waals surface area contributed by atoms with Crippen molar-refractivity contribution in [3.05, 3.63) is 0 Å². The zero-order chi connectivity index (χ0) is 15.1. The molecule has 0 saturated carbocycles. The third kappa shape index (κ3) is 6.76. The van der Waals surface area contributed by atoms with Gasteiger partial charge in [0.2, 0.25) is 11.8 Å². The van der Waals surface area contributed by atoms with Gasteiger partial charge in [-0.05, 0) is 13.8 Å². The fourth-order valence-electron chi connectivity index (χ4n) is 1.24. The first-order valence-electron chi connectivity index (χ1n) is 5.93. The zero-order valence-corrected chi connectivity index (χ0v) is 11.9. The summed E-state index contributed by atoms with van der Waals surface area (Å²) in [6, 6.07) is 0. The smallest absolute Gasteiger partial charge is 0.309 e. The van der Waals surface area contributed by atoms with Gasteiger partial charge in [0, 0.05) is 27.1 Å². The molecule has 0 atom stereocenters. The van der Waals surface area contributed by atoms with Crippen LogP contribution in [0.2, 0.25) is 0 Å². The van der Waals surface area contributed by atoms with Crippen molar-refractivity contribution in [1.82, 2.24) is 10.2 Å². The highest BCUT2D eigenvalue weighted by Crippen LogP contribution is 2.21. The van der Waals surface area contributed by atoms with Crippen molar-refractivity contribution < 1.29 is 24.2 Å². The second kappa shape index (κ2) is 7.73. The van der Waals surface area contributed by atoms with Crippen LogP contribution in [-0.4, -0.2) is 61.6 Å². The number of ether oxygens (including phenoxy) is 1. The molecule has 0 radical (unpaired) electrons. The first-order chi connectivity index (χ1) is 8.70. The molecule has 2 amide bonds. The van der Waals surface area contributed by atoms with Crippen LogP contribution < -0.4 is 5.32 Å². The second-order valence-corrected chi connectivity index (χ2v) is 4.96. The van der Waals surface area contributed by atoms with Crippen LogP contribution in [0.15, 0.2) is 0 Å². The number of methoxy groups -OCH3 is 1. The molecule has 7 heteroatoms. The van der Waals surface area contributed by atoms with E-state index >= 15 is 0 Å². The summed E-state index contributed by atoms with van der Waals surface area (Å²) in [6.45, 7) is 3.62. The predicted molar refractivity (Wildman–Crippen MR) is 68.6 cm³/mol. The van der Waals surface area contributed by atoms with E-state index in [-0.39, 0.29) is 24.8 Å². The van der Waals surface area contributed by atoms with Crippen LogP contribution in [-0.2, 0) is 19.1 Å². The molecule has 0 aromatic heterocycles. The van der Waals surface area contributed by atoms with Gasteiger partial charge in [0.05, 0.1) is 18.6 Å². The molecule has 2 N–H and O–H groups in total. The Hall–Kier alpha value is -1.63. The molecule has 0 aliphatic heterocycles. The van der Waals surface area contributed by atoms with E-state index in [0.717, 1.165) is 0 Å². The van der Waals surface area contributed by atoms with Crippen molar-refractivity contribution in [2.45, 2.75) is 20.3 Å². The van der Waals surface area contributed by atoms with Gasteiger partial charge in [-0.25, -0.2) is 0 Å². The molecule has 0 aromatic carbocycles. The summed E-state index contributed by atoms with van der Waals surface area (Å²) in [6.07, 6.45) is -0.149. The van der Waals surface area contributed by atoms with Crippen LogP contribution in [0.25, 0.3) is 0 Å². The maximum absolute atomic E-state index is 11.8. The number of carboxylic acids is 1. The van der Waals surface area contributed by atoms with E-state index in [4.69, 9.17) is 9.84 Å². The highest BCUT2D eigenvalue weighted by Gasteiger charge is 2.31. The van der Waals surface area contributed by atoms with E-state index in [2.05, 4.69) is 5.32 Å². The standard InChI is InChI=1S/C12H22N2O5/c1-12(2,11(17)18)7-10(16)14(3)8-9(15)13-5-6-19-4/h5-8H2,1-4H3,(H,13,15)(H,17,18). The average molecular weight is 274 g/mol. The predicted octanol–water partition coefficient (Wildman–Crippen LogP) is -0.292. The number of likely N-dealkylation sites (N-methyl/N-ethyl adjacent to an activating group) is 1. The van der Waals surface area contributed by atoms with Crippen molar-refractivity contribution in [2.24, 2.45) is 5.41 Å². The van der Waals surface area contributed by atoms with Crippen molar-refractivity contribution in [3.8, 4) is 0 Å². The Morgan fingerprint density at radius 3 is 2.37 bits per heavy atom. The Kier molecular flexibility index (Phi) is 7.06. The molecule has 0 bridgehead atoms. The normalized spacial score (nSPS) is 10.9. The molecule has 0 heterocycles. The van der Waals surface area contributed by atoms with E-state index in [9.17, 15) is 14.4 Å². The lowest BCUT2D eigenvalue weighted by atomic mass is 9.89. The van der Waals surface area contributed by atoms with Crippen LogP contribution >= 0.6 is 0 Å². The minimum atomic E-state index is -1.14. The number of aliphatic carboxylic acids is 1. The summed E-state index contributed by atoms with van der Waals surface area (Å²) in [7, 11) is 2.99. The van der Waals surface area contributed by atoms with Crippen molar-refractivity contribution in [2.75, 3.05) is 33.9 Å². The molecule has 110 valence electrons. The lowest BCUT2D eigenvalue weighted by molar-refractivity contribution is -0.151. The van der Waals surface area contributed by atoms with E-state index in [1.165, 1.54) is 32.9 Å². The number of amides is 2. The maximum atomic E-state index is 11.8. The quantitative estimate of drug-likeness (QED) is 0.593. The van der Waals surface area contributed by atoms with Crippen LogP contribution in [0.5, 0.6) is 0 Å². The molecular formula is C12H22N2O5. The largest absolute Gasteiger partial charge is 0.481 e. The summed E-state index contributed by atoms with van der Waals surface area (Å²) in [5.41, 5.74) is -1.14. The third-order valence-electron chi connectivity index (χ3n) is 2.61. The molecule has 19 heavy (non-hydrogen) atoms. The number of nitrogens with zero attached hydrogens (tertiary/aromatic N) is 1. The number of carbonyl (C=O) groups excluding carboxylic acids is 2. The number of hydrogen-bond donors (Lipinski definition) is 2. The number of nitrogens with one attached hydrogen (secondary N) is 1. The number of rotatable bonds is 8. The Bertz CT molecular complexity index is 341. The van der Waals surface area contributed by atoms with Crippen LogP contribution in [0.4, 0.5) is 0 Å². The van der Waals surface area contributed by atoms with Crippen molar-refractivity contribution in [1.29, 1.82) is 0 Å². The third-order valence-corrected chi connectivity index (χ3v) is 2.61. The van der Waals surface area contributed by atoms with Gasteiger partial charge in [-0.3, -0.25) is 14.4 Å². The molecule has 0 unspecified atom stereocenters. The molecule has 0 aromatic rings. The second-order valence-electron chi connectivity index (χ2n) is 4.96. The van der Waals surface area contributed by atoms with Gasteiger partial charge < -0.3 is 20.1 Å². The van der Waals surface area contributed by atoms with Crippen LogP contribution in [0.3, 0.4) is 0 Å². The summed E-state index contributed by atoms with van der Waals surface area (Å²) in [4.78, 5) is 35.4. The molecular weight excluding hydrogens is 252 g/mol. The molecule has 0 fully saturated rings. The monoisotopic (exact) mass is 274 g/mol. The lowest BCUT2D eigenvalue weighted by Crippen LogP contribution is -2.41. The first-order valence-corrected chi connectivity index (χ1v) is 5.93. The highest BCUT2D eigenvalue weighted by molar-refractivity contribution is 5.87. The Morgan fingerprint density at radius 2 is 1.89 bits per heavy atom. The van der Waals surface area contributed by atoms with Gasteiger partial charge in [0.15, 0.2) is 0 Å². The number of hydrogen-bond acceptors (Lipinski definition) is 4. The molecule has 0 aliphatic rings. The van der Waals surface area contributed by atoms with E-state index in [1.54, 1.807) is 0 Å². The van der Waals surface area contributed by atoms with Crippen LogP contribution in [0, 0.1) is 5.41 Å². The zero-order valence-electron chi connectivity index (χ0n) is 11.9. The van der Waals surface area contributed by atoms with E-state index < -0.39 is 11.4 Å². The lowest BCUT2D eigenvalue weighted by Gasteiger charge is -2.23.